The van der Waals surface area contributed by atoms with Gasteiger partial charge in [-0.05, 0) is 40.2 Å². The molecule has 0 bridgehead atoms. The minimum absolute atomic E-state index is 0.177. The van der Waals surface area contributed by atoms with Crippen LogP contribution in [0.1, 0.15) is 0 Å². The Morgan fingerprint density at radius 1 is 1.33 bits per heavy atom. The van der Waals surface area contributed by atoms with E-state index in [9.17, 15) is 0 Å². The molecule has 0 aliphatic heterocycles. The molecular formula is C8H6Cl2N4O. The predicted molar refractivity (Wildman–Crippen MR) is 55.7 cm³/mol. The van der Waals surface area contributed by atoms with Gasteiger partial charge in [0.05, 0.1) is 17.8 Å². The van der Waals surface area contributed by atoms with Crippen molar-refractivity contribution in [3.05, 3.63) is 28.5 Å². The third-order valence-corrected chi connectivity index (χ3v) is 2.34. The molecule has 0 amide bonds. The standard InChI is InChI=1S/C8H6Cl2N4O/c1-15-7-3-2-5(4-6(7)9)14-8(10)11-12-13-14/h2-4H,1H3. The molecule has 0 saturated carbocycles. The molecule has 0 aliphatic rings. The summed E-state index contributed by atoms with van der Waals surface area (Å²) < 4.78 is 6.39. The van der Waals surface area contributed by atoms with E-state index in [-0.39, 0.29) is 5.28 Å². The van der Waals surface area contributed by atoms with Crippen LogP contribution in [-0.4, -0.2) is 27.3 Å². The van der Waals surface area contributed by atoms with Crippen LogP contribution in [-0.2, 0) is 0 Å². The summed E-state index contributed by atoms with van der Waals surface area (Å²) in [7, 11) is 1.55. The molecule has 0 aliphatic carbocycles. The maximum Gasteiger partial charge on any atom is 0.247 e. The number of hydrogen-bond donors (Lipinski definition) is 0. The maximum atomic E-state index is 5.95. The van der Waals surface area contributed by atoms with Gasteiger partial charge in [-0.2, -0.15) is 4.68 Å². The Bertz CT molecular complexity index is 485. The molecule has 1 aromatic heterocycles. The zero-order valence-corrected chi connectivity index (χ0v) is 9.20. The number of halogens is 2. The number of benzene rings is 1. The largest absolute Gasteiger partial charge is 0.495 e. The Morgan fingerprint density at radius 2 is 2.13 bits per heavy atom. The third-order valence-electron chi connectivity index (χ3n) is 1.81. The number of ether oxygens (including phenoxy) is 1. The van der Waals surface area contributed by atoms with Crippen LogP contribution in [0.2, 0.25) is 10.3 Å². The average Bonchev–Trinajstić information content (AvgIpc) is 2.64. The van der Waals surface area contributed by atoms with Gasteiger partial charge in [-0.1, -0.05) is 16.7 Å². The molecule has 5 nitrogen and oxygen atoms in total. The minimum Gasteiger partial charge on any atom is -0.495 e. The molecule has 78 valence electrons. The van der Waals surface area contributed by atoms with Gasteiger partial charge in [0.2, 0.25) is 5.28 Å². The van der Waals surface area contributed by atoms with Crippen molar-refractivity contribution in [2.24, 2.45) is 0 Å². The van der Waals surface area contributed by atoms with E-state index in [4.69, 9.17) is 27.9 Å². The summed E-state index contributed by atoms with van der Waals surface area (Å²) in [5, 5.41) is 11.3. The first kappa shape index (κ1) is 10.2. The Kier molecular flexibility index (Phi) is 2.75. The predicted octanol–water partition coefficient (Wildman–Crippen LogP) is 1.98. The second-order valence-electron chi connectivity index (χ2n) is 2.68. The van der Waals surface area contributed by atoms with Gasteiger partial charge in [0.1, 0.15) is 5.75 Å². The van der Waals surface area contributed by atoms with E-state index >= 15 is 0 Å². The fraction of sp³-hybridized carbons (Fsp3) is 0.125. The smallest absolute Gasteiger partial charge is 0.247 e. The van der Waals surface area contributed by atoms with Gasteiger partial charge in [-0.3, -0.25) is 0 Å². The van der Waals surface area contributed by atoms with Crippen molar-refractivity contribution in [3.63, 3.8) is 0 Å². The van der Waals surface area contributed by atoms with Gasteiger partial charge >= 0.3 is 0 Å². The van der Waals surface area contributed by atoms with Crippen molar-refractivity contribution in [3.8, 4) is 11.4 Å². The van der Waals surface area contributed by atoms with Crippen LogP contribution >= 0.6 is 23.2 Å². The normalized spacial score (nSPS) is 10.3. The SMILES string of the molecule is COc1ccc(-n2nnnc2Cl)cc1Cl. The van der Waals surface area contributed by atoms with E-state index in [0.717, 1.165) is 0 Å². The first-order valence-electron chi connectivity index (χ1n) is 4.00. The quantitative estimate of drug-likeness (QED) is 0.811. The first-order chi connectivity index (χ1) is 7.22. The highest BCUT2D eigenvalue weighted by Crippen LogP contribution is 2.26. The summed E-state index contributed by atoms with van der Waals surface area (Å²) >= 11 is 11.7. The topological polar surface area (TPSA) is 52.8 Å². The van der Waals surface area contributed by atoms with Gasteiger partial charge < -0.3 is 4.74 Å². The molecule has 15 heavy (non-hydrogen) atoms. The van der Waals surface area contributed by atoms with E-state index in [1.54, 1.807) is 25.3 Å². The molecule has 2 rings (SSSR count). The Labute approximate surface area is 95.6 Å². The summed E-state index contributed by atoms with van der Waals surface area (Å²) in [6, 6.07) is 5.14. The van der Waals surface area contributed by atoms with Crippen LogP contribution < -0.4 is 4.74 Å². The van der Waals surface area contributed by atoms with E-state index in [1.165, 1.54) is 4.68 Å². The summed E-state index contributed by atoms with van der Waals surface area (Å²) in [6.45, 7) is 0. The Balaban J connectivity index is 2.47. The van der Waals surface area contributed by atoms with E-state index in [0.29, 0.717) is 16.5 Å². The monoisotopic (exact) mass is 244 g/mol. The van der Waals surface area contributed by atoms with Crippen LogP contribution in [0.25, 0.3) is 5.69 Å². The van der Waals surface area contributed by atoms with Crippen LogP contribution in [0, 0.1) is 0 Å². The van der Waals surface area contributed by atoms with Crippen LogP contribution in [0.15, 0.2) is 18.2 Å². The second-order valence-corrected chi connectivity index (χ2v) is 3.42. The average molecular weight is 245 g/mol. The second kappa shape index (κ2) is 4.04. The van der Waals surface area contributed by atoms with E-state index < -0.39 is 0 Å². The molecule has 0 N–H and O–H groups in total. The van der Waals surface area contributed by atoms with Crippen molar-refractivity contribution in [2.75, 3.05) is 7.11 Å². The van der Waals surface area contributed by atoms with Gasteiger partial charge in [0.25, 0.3) is 0 Å². The molecule has 0 unspecified atom stereocenters. The molecular weight excluding hydrogens is 239 g/mol. The number of methoxy groups -OCH3 is 1. The van der Waals surface area contributed by atoms with Gasteiger partial charge in [0, 0.05) is 0 Å². The van der Waals surface area contributed by atoms with Crippen molar-refractivity contribution < 1.29 is 4.74 Å². The lowest BCUT2D eigenvalue weighted by atomic mass is 10.3. The molecule has 7 heteroatoms. The van der Waals surface area contributed by atoms with Crippen molar-refractivity contribution in [1.29, 1.82) is 0 Å². The Morgan fingerprint density at radius 3 is 2.67 bits per heavy atom. The van der Waals surface area contributed by atoms with Crippen LogP contribution in [0.3, 0.4) is 0 Å². The van der Waals surface area contributed by atoms with Gasteiger partial charge in [-0.15, -0.1) is 0 Å². The number of hydrogen-bond acceptors (Lipinski definition) is 4. The lowest BCUT2D eigenvalue weighted by Gasteiger charge is -2.05. The number of rotatable bonds is 2. The zero-order valence-electron chi connectivity index (χ0n) is 7.69. The summed E-state index contributed by atoms with van der Waals surface area (Å²) in [5.74, 6) is 0.588. The van der Waals surface area contributed by atoms with Gasteiger partial charge in [-0.25, -0.2) is 0 Å². The fourth-order valence-corrected chi connectivity index (χ4v) is 1.54. The molecule has 0 spiro atoms. The van der Waals surface area contributed by atoms with Crippen LogP contribution in [0.4, 0.5) is 0 Å². The lowest BCUT2D eigenvalue weighted by molar-refractivity contribution is 0.415. The van der Waals surface area contributed by atoms with Crippen molar-refractivity contribution in [1.82, 2.24) is 20.2 Å². The number of tetrazole rings is 1. The van der Waals surface area contributed by atoms with Gasteiger partial charge in [0.15, 0.2) is 0 Å². The van der Waals surface area contributed by atoms with E-state index in [2.05, 4.69) is 15.5 Å². The lowest BCUT2D eigenvalue weighted by Crippen LogP contribution is -1.97. The fourth-order valence-electron chi connectivity index (χ4n) is 1.12. The van der Waals surface area contributed by atoms with Crippen molar-refractivity contribution >= 4 is 23.2 Å². The molecule has 2 aromatic rings. The molecule has 0 atom stereocenters. The summed E-state index contributed by atoms with van der Waals surface area (Å²) in [5.41, 5.74) is 0.677. The molecule has 1 aromatic carbocycles. The maximum absolute atomic E-state index is 5.95. The molecule has 0 radical (unpaired) electrons. The summed E-state index contributed by atoms with van der Waals surface area (Å²) in [4.78, 5) is 0. The zero-order chi connectivity index (χ0) is 10.8. The highest BCUT2D eigenvalue weighted by molar-refractivity contribution is 6.32. The third kappa shape index (κ3) is 1.88. The van der Waals surface area contributed by atoms with Crippen LogP contribution in [0.5, 0.6) is 5.75 Å². The minimum atomic E-state index is 0.177. The number of nitrogens with zero attached hydrogens (tertiary/aromatic N) is 4. The highest BCUT2D eigenvalue weighted by atomic mass is 35.5. The van der Waals surface area contributed by atoms with E-state index in [1.807, 2.05) is 0 Å². The summed E-state index contributed by atoms with van der Waals surface area (Å²) in [6.07, 6.45) is 0. The highest BCUT2D eigenvalue weighted by Gasteiger charge is 2.07. The van der Waals surface area contributed by atoms with Crippen molar-refractivity contribution in [2.45, 2.75) is 0 Å². The Hall–Kier alpha value is -1.33. The molecule has 1 heterocycles. The number of aromatic nitrogens is 4. The first-order valence-corrected chi connectivity index (χ1v) is 4.76. The molecule has 0 fully saturated rings. The molecule has 0 saturated heterocycles.